The van der Waals surface area contributed by atoms with Crippen molar-refractivity contribution in [3.8, 4) is 0 Å². The fraction of sp³-hybridized carbons (Fsp3) is 0.733. The lowest BCUT2D eigenvalue weighted by atomic mass is 9.97. The minimum absolute atomic E-state index is 0.114. The lowest BCUT2D eigenvalue weighted by molar-refractivity contribution is -0.123. The van der Waals surface area contributed by atoms with Crippen molar-refractivity contribution in [3.63, 3.8) is 0 Å². The molecule has 1 fully saturated rings. The maximum atomic E-state index is 12.2. The SMILES string of the molecule is Cn1cc(C(N)C(=O)NC2CCN(C(C)(C)C)CC2)cn1. The van der Waals surface area contributed by atoms with Crippen LogP contribution in [0.15, 0.2) is 12.4 Å². The number of likely N-dealkylation sites (tertiary alicyclic amines) is 1. The summed E-state index contributed by atoms with van der Waals surface area (Å²) >= 11 is 0. The predicted molar refractivity (Wildman–Crippen MR) is 82.6 cm³/mol. The third-order valence-corrected chi connectivity index (χ3v) is 4.16. The fourth-order valence-electron chi connectivity index (χ4n) is 2.74. The summed E-state index contributed by atoms with van der Waals surface area (Å²) in [5.74, 6) is -0.114. The van der Waals surface area contributed by atoms with Crippen molar-refractivity contribution in [1.29, 1.82) is 0 Å². The first kappa shape index (κ1) is 16.0. The largest absolute Gasteiger partial charge is 0.352 e. The number of hydrogen-bond donors (Lipinski definition) is 2. The zero-order valence-corrected chi connectivity index (χ0v) is 13.5. The van der Waals surface area contributed by atoms with Crippen molar-refractivity contribution in [2.45, 2.75) is 51.2 Å². The Morgan fingerprint density at radius 3 is 2.52 bits per heavy atom. The van der Waals surface area contributed by atoms with Crippen molar-refractivity contribution in [2.24, 2.45) is 12.8 Å². The molecule has 0 spiro atoms. The van der Waals surface area contributed by atoms with Gasteiger partial charge in [-0.2, -0.15) is 5.10 Å². The predicted octanol–water partition coefficient (Wildman–Crippen LogP) is 0.799. The first-order chi connectivity index (χ1) is 9.77. The van der Waals surface area contributed by atoms with Crippen LogP contribution in [0.2, 0.25) is 0 Å². The van der Waals surface area contributed by atoms with E-state index in [-0.39, 0.29) is 17.5 Å². The number of nitrogens with two attached hydrogens (primary N) is 1. The molecule has 1 saturated heterocycles. The summed E-state index contributed by atoms with van der Waals surface area (Å²) in [4.78, 5) is 14.7. The van der Waals surface area contributed by atoms with Crippen LogP contribution in [-0.4, -0.2) is 45.3 Å². The van der Waals surface area contributed by atoms with E-state index in [1.807, 2.05) is 7.05 Å². The van der Waals surface area contributed by atoms with Crippen molar-refractivity contribution in [3.05, 3.63) is 18.0 Å². The Morgan fingerprint density at radius 1 is 1.43 bits per heavy atom. The fourth-order valence-corrected chi connectivity index (χ4v) is 2.74. The highest BCUT2D eigenvalue weighted by Gasteiger charge is 2.28. The third kappa shape index (κ3) is 4.04. The number of piperidine rings is 1. The van der Waals surface area contributed by atoms with Crippen molar-refractivity contribution >= 4 is 5.91 Å². The summed E-state index contributed by atoms with van der Waals surface area (Å²) < 4.78 is 1.66. The molecule has 0 saturated carbocycles. The van der Waals surface area contributed by atoms with Crippen LogP contribution in [0, 0.1) is 0 Å². The maximum absolute atomic E-state index is 12.2. The van der Waals surface area contributed by atoms with Gasteiger partial charge in [0, 0.05) is 43.5 Å². The molecule has 1 amide bonds. The lowest BCUT2D eigenvalue weighted by Gasteiger charge is -2.41. The topological polar surface area (TPSA) is 76.2 Å². The van der Waals surface area contributed by atoms with E-state index in [2.05, 4.69) is 36.1 Å². The van der Waals surface area contributed by atoms with Crippen LogP contribution in [0.25, 0.3) is 0 Å². The monoisotopic (exact) mass is 293 g/mol. The summed E-state index contributed by atoms with van der Waals surface area (Å²) in [6, 6.07) is -0.418. The Labute approximate surface area is 126 Å². The van der Waals surface area contributed by atoms with E-state index >= 15 is 0 Å². The van der Waals surface area contributed by atoms with Crippen LogP contribution >= 0.6 is 0 Å². The van der Waals surface area contributed by atoms with Crippen LogP contribution in [0.4, 0.5) is 0 Å². The first-order valence-electron chi connectivity index (χ1n) is 7.57. The van der Waals surface area contributed by atoms with Gasteiger partial charge in [-0.15, -0.1) is 0 Å². The van der Waals surface area contributed by atoms with E-state index in [1.54, 1.807) is 17.1 Å². The molecule has 0 bridgehead atoms. The minimum Gasteiger partial charge on any atom is -0.352 e. The van der Waals surface area contributed by atoms with E-state index in [9.17, 15) is 4.79 Å². The van der Waals surface area contributed by atoms with Gasteiger partial charge in [0.25, 0.3) is 0 Å². The van der Waals surface area contributed by atoms with E-state index < -0.39 is 6.04 Å². The average Bonchev–Trinajstić information content (AvgIpc) is 2.84. The van der Waals surface area contributed by atoms with Gasteiger partial charge < -0.3 is 11.1 Å². The summed E-state index contributed by atoms with van der Waals surface area (Å²) in [6.07, 6.45) is 5.38. The van der Waals surface area contributed by atoms with Gasteiger partial charge in [-0.05, 0) is 33.6 Å². The molecule has 1 aliphatic rings. The van der Waals surface area contributed by atoms with Crippen molar-refractivity contribution in [2.75, 3.05) is 13.1 Å². The first-order valence-corrected chi connectivity index (χ1v) is 7.57. The van der Waals surface area contributed by atoms with Gasteiger partial charge in [-0.1, -0.05) is 0 Å². The molecule has 2 rings (SSSR count). The molecule has 21 heavy (non-hydrogen) atoms. The van der Waals surface area contributed by atoms with Crippen molar-refractivity contribution < 1.29 is 4.79 Å². The number of hydrogen-bond acceptors (Lipinski definition) is 4. The van der Waals surface area contributed by atoms with Gasteiger partial charge in [-0.25, -0.2) is 0 Å². The molecule has 1 unspecified atom stereocenters. The molecule has 3 N–H and O–H groups in total. The smallest absolute Gasteiger partial charge is 0.241 e. The number of rotatable bonds is 3. The second-order valence-electron chi connectivity index (χ2n) is 6.87. The number of carbonyl (C=O) groups excluding carboxylic acids is 1. The maximum Gasteiger partial charge on any atom is 0.241 e. The molecule has 0 radical (unpaired) electrons. The quantitative estimate of drug-likeness (QED) is 0.864. The van der Waals surface area contributed by atoms with Gasteiger partial charge in [0.2, 0.25) is 5.91 Å². The molecule has 2 heterocycles. The summed E-state index contributed by atoms with van der Waals surface area (Å²) in [6.45, 7) is 8.70. The number of nitrogens with zero attached hydrogens (tertiary/aromatic N) is 3. The Hall–Kier alpha value is -1.40. The standard InChI is InChI=1S/C15H27N5O/c1-15(2,3)20-7-5-12(6-8-20)18-14(21)13(16)11-9-17-19(4)10-11/h9-10,12-13H,5-8,16H2,1-4H3,(H,18,21). The summed E-state index contributed by atoms with van der Waals surface area (Å²) in [5.41, 5.74) is 6.94. The third-order valence-electron chi connectivity index (χ3n) is 4.16. The normalized spacial score (nSPS) is 19.5. The summed E-state index contributed by atoms with van der Waals surface area (Å²) in [7, 11) is 1.82. The van der Waals surface area contributed by atoms with Crippen LogP contribution in [0.5, 0.6) is 0 Å². The van der Waals surface area contributed by atoms with Crippen LogP contribution in [0.3, 0.4) is 0 Å². The highest BCUT2D eigenvalue weighted by molar-refractivity contribution is 5.83. The van der Waals surface area contributed by atoms with Gasteiger partial charge in [0.1, 0.15) is 6.04 Å². The van der Waals surface area contributed by atoms with Gasteiger partial charge >= 0.3 is 0 Å². The molecular formula is C15H27N5O. The minimum atomic E-state index is -0.639. The molecule has 118 valence electrons. The molecular weight excluding hydrogens is 266 g/mol. The second-order valence-corrected chi connectivity index (χ2v) is 6.87. The Morgan fingerprint density at radius 2 is 2.05 bits per heavy atom. The highest BCUT2D eigenvalue weighted by atomic mass is 16.2. The van der Waals surface area contributed by atoms with Gasteiger partial charge in [0.15, 0.2) is 0 Å². The van der Waals surface area contributed by atoms with Gasteiger partial charge in [0.05, 0.1) is 6.20 Å². The molecule has 1 atom stereocenters. The van der Waals surface area contributed by atoms with E-state index in [0.29, 0.717) is 0 Å². The zero-order valence-electron chi connectivity index (χ0n) is 13.5. The Balaban J connectivity index is 1.84. The number of nitrogens with one attached hydrogen (secondary N) is 1. The summed E-state index contributed by atoms with van der Waals surface area (Å²) in [5, 5.41) is 7.12. The number of aryl methyl sites for hydroxylation is 1. The zero-order chi connectivity index (χ0) is 15.6. The molecule has 6 nitrogen and oxygen atoms in total. The van der Waals surface area contributed by atoms with Crippen LogP contribution in [-0.2, 0) is 11.8 Å². The Bertz CT molecular complexity index is 482. The average molecular weight is 293 g/mol. The number of carbonyl (C=O) groups is 1. The molecule has 0 aliphatic carbocycles. The van der Waals surface area contributed by atoms with Crippen LogP contribution in [0.1, 0.15) is 45.2 Å². The highest BCUT2D eigenvalue weighted by Crippen LogP contribution is 2.20. The Kier molecular flexibility index (Phi) is 4.68. The van der Waals surface area contributed by atoms with E-state index in [1.165, 1.54) is 0 Å². The number of aromatic nitrogens is 2. The van der Waals surface area contributed by atoms with Crippen LogP contribution < -0.4 is 11.1 Å². The number of amides is 1. The van der Waals surface area contributed by atoms with E-state index in [4.69, 9.17) is 5.73 Å². The molecule has 6 heteroatoms. The van der Waals surface area contributed by atoms with Gasteiger partial charge in [-0.3, -0.25) is 14.4 Å². The molecule has 1 aromatic heterocycles. The molecule has 0 aromatic carbocycles. The lowest BCUT2D eigenvalue weighted by Crippen LogP contribution is -2.51. The van der Waals surface area contributed by atoms with Crippen molar-refractivity contribution in [1.82, 2.24) is 20.0 Å². The molecule has 1 aliphatic heterocycles. The second kappa shape index (κ2) is 6.15. The molecule has 1 aromatic rings. The van der Waals surface area contributed by atoms with E-state index in [0.717, 1.165) is 31.5 Å².